The van der Waals surface area contributed by atoms with Crippen molar-refractivity contribution in [2.45, 2.75) is 13.0 Å². The molecule has 0 saturated carbocycles. The molecule has 0 aliphatic heterocycles. The number of ether oxygens (including phenoxy) is 1. The fraction of sp³-hybridized carbons (Fsp3) is 0.0769. The number of fused-ring (bicyclic) bond motifs is 1. The molecule has 0 aliphatic carbocycles. The lowest BCUT2D eigenvalue weighted by atomic mass is 10.1. The Labute approximate surface area is 204 Å². The number of nitrogens with one attached hydrogen (secondary N) is 1. The fourth-order valence-corrected chi connectivity index (χ4v) is 3.94. The van der Waals surface area contributed by atoms with Gasteiger partial charge in [-0.15, -0.1) is 0 Å². The first-order chi connectivity index (χ1) is 16.5. The molecule has 0 heterocycles. The summed E-state index contributed by atoms with van der Waals surface area (Å²) < 4.78 is 6.70. The van der Waals surface area contributed by atoms with Gasteiger partial charge in [-0.2, -0.15) is 5.10 Å². The van der Waals surface area contributed by atoms with Crippen LogP contribution in [0, 0.1) is 10.1 Å². The number of carbonyl (C=O) groups excluding carboxylic acids is 1. The summed E-state index contributed by atoms with van der Waals surface area (Å²) >= 11 is 3.51. The van der Waals surface area contributed by atoms with Crippen molar-refractivity contribution in [2.24, 2.45) is 5.10 Å². The van der Waals surface area contributed by atoms with E-state index in [4.69, 9.17) is 4.74 Å². The van der Waals surface area contributed by atoms with Gasteiger partial charge in [-0.05, 0) is 62.1 Å². The van der Waals surface area contributed by atoms with Gasteiger partial charge in [-0.1, -0.05) is 54.6 Å². The molecule has 0 fully saturated rings. The van der Waals surface area contributed by atoms with Gasteiger partial charge in [0.15, 0.2) is 0 Å². The SMILES string of the molecule is O=C(Cc1ccccc1[N+](=O)[O-])N/N=C/c1ccc(OCc2ccc3ccccc3c2)c(Br)c1. The predicted octanol–water partition coefficient (Wildman–Crippen LogP) is 5.78. The van der Waals surface area contributed by atoms with Gasteiger partial charge in [-0.3, -0.25) is 14.9 Å². The summed E-state index contributed by atoms with van der Waals surface area (Å²) in [5, 5.41) is 17.4. The van der Waals surface area contributed by atoms with Crippen LogP contribution < -0.4 is 10.2 Å². The van der Waals surface area contributed by atoms with Crippen molar-refractivity contribution in [3.63, 3.8) is 0 Å². The normalized spacial score (nSPS) is 11.0. The maximum absolute atomic E-state index is 12.1. The minimum absolute atomic E-state index is 0.0927. The molecule has 0 bridgehead atoms. The Morgan fingerprint density at radius 1 is 1.00 bits per heavy atom. The molecular weight excluding hydrogens is 498 g/mol. The Bertz CT molecular complexity index is 1390. The molecular formula is C26H20BrN3O4. The smallest absolute Gasteiger partial charge is 0.273 e. The third kappa shape index (κ3) is 5.85. The quantitative estimate of drug-likeness (QED) is 0.182. The van der Waals surface area contributed by atoms with Crippen molar-refractivity contribution >= 4 is 44.5 Å². The van der Waals surface area contributed by atoms with Crippen LogP contribution in [0.4, 0.5) is 5.69 Å². The molecule has 0 radical (unpaired) electrons. The van der Waals surface area contributed by atoms with Crippen LogP contribution in [0.2, 0.25) is 0 Å². The van der Waals surface area contributed by atoms with Crippen LogP contribution in [0.25, 0.3) is 10.8 Å². The van der Waals surface area contributed by atoms with Crippen LogP contribution in [-0.2, 0) is 17.8 Å². The molecule has 8 heteroatoms. The van der Waals surface area contributed by atoms with Crippen molar-refractivity contribution < 1.29 is 14.5 Å². The van der Waals surface area contributed by atoms with Crippen LogP contribution >= 0.6 is 15.9 Å². The molecule has 0 spiro atoms. The van der Waals surface area contributed by atoms with Gasteiger partial charge >= 0.3 is 0 Å². The van der Waals surface area contributed by atoms with E-state index in [-0.39, 0.29) is 12.1 Å². The molecule has 4 rings (SSSR count). The van der Waals surface area contributed by atoms with Crippen LogP contribution in [0.15, 0.2) is 94.5 Å². The first-order valence-corrected chi connectivity index (χ1v) is 11.2. The predicted molar refractivity (Wildman–Crippen MR) is 135 cm³/mol. The highest BCUT2D eigenvalue weighted by Gasteiger charge is 2.15. The second-order valence-electron chi connectivity index (χ2n) is 7.52. The van der Waals surface area contributed by atoms with Crippen molar-refractivity contribution in [1.29, 1.82) is 0 Å². The molecule has 1 N–H and O–H groups in total. The van der Waals surface area contributed by atoms with E-state index in [9.17, 15) is 14.9 Å². The summed E-state index contributed by atoms with van der Waals surface area (Å²) in [6.07, 6.45) is 1.36. The number of hydrogen-bond donors (Lipinski definition) is 1. The van der Waals surface area contributed by atoms with Crippen LogP contribution in [0.1, 0.15) is 16.7 Å². The second-order valence-corrected chi connectivity index (χ2v) is 8.37. The zero-order valence-electron chi connectivity index (χ0n) is 18.0. The molecule has 0 aliphatic rings. The number of rotatable bonds is 8. The number of carbonyl (C=O) groups is 1. The van der Waals surface area contributed by atoms with E-state index in [2.05, 4.69) is 50.7 Å². The average molecular weight is 518 g/mol. The van der Waals surface area contributed by atoms with E-state index < -0.39 is 10.8 Å². The zero-order valence-corrected chi connectivity index (χ0v) is 19.6. The van der Waals surface area contributed by atoms with Crippen molar-refractivity contribution in [1.82, 2.24) is 5.43 Å². The molecule has 0 aromatic heterocycles. The minimum Gasteiger partial charge on any atom is -0.488 e. The number of hydrazone groups is 1. The Morgan fingerprint density at radius 2 is 1.76 bits per heavy atom. The van der Waals surface area contributed by atoms with E-state index in [1.165, 1.54) is 17.7 Å². The number of amides is 1. The van der Waals surface area contributed by atoms with Gasteiger partial charge in [0.25, 0.3) is 5.69 Å². The maximum atomic E-state index is 12.1. The Morgan fingerprint density at radius 3 is 2.56 bits per heavy atom. The molecule has 34 heavy (non-hydrogen) atoms. The second kappa shape index (κ2) is 10.7. The summed E-state index contributed by atoms with van der Waals surface area (Å²) in [5.41, 5.74) is 4.45. The standard InChI is InChI=1S/C26H20BrN3O4/c27-23-14-18(16-28-29-26(31)15-22-7-3-4-8-24(22)30(32)33)10-12-25(23)34-17-19-9-11-20-5-1-2-6-21(20)13-19/h1-14,16H,15,17H2,(H,29,31)/b28-16+. The lowest BCUT2D eigenvalue weighted by molar-refractivity contribution is -0.385. The van der Waals surface area contributed by atoms with E-state index in [0.29, 0.717) is 17.9 Å². The van der Waals surface area contributed by atoms with E-state index in [1.807, 2.05) is 36.4 Å². The Kier molecular flexibility index (Phi) is 7.29. The summed E-state index contributed by atoms with van der Waals surface area (Å²) in [4.78, 5) is 22.7. The maximum Gasteiger partial charge on any atom is 0.273 e. The summed E-state index contributed by atoms with van der Waals surface area (Å²) in [5.74, 6) is 0.241. The highest BCUT2D eigenvalue weighted by molar-refractivity contribution is 9.10. The van der Waals surface area contributed by atoms with E-state index in [0.717, 1.165) is 21.0 Å². The van der Waals surface area contributed by atoms with Gasteiger partial charge in [0.2, 0.25) is 5.91 Å². The van der Waals surface area contributed by atoms with Crippen molar-refractivity contribution in [2.75, 3.05) is 0 Å². The van der Waals surface area contributed by atoms with Crippen LogP contribution in [0.5, 0.6) is 5.75 Å². The van der Waals surface area contributed by atoms with Crippen LogP contribution in [0.3, 0.4) is 0 Å². The van der Waals surface area contributed by atoms with Gasteiger partial charge in [0.1, 0.15) is 12.4 Å². The molecule has 1 amide bonds. The number of benzene rings is 4. The lowest BCUT2D eigenvalue weighted by Crippen LogP contribution is -2.20. The number of para-hydroxylation sites is 1. The van der Waals surface area contributed by atoms with E-state index in [1.54, 1.807) is 18.2 Å². The third-order valence-corrected chi connectivity index (χ3v) is 5.73. The summed E-state index contributed by atoms with van der Waals surface area (Å²) in [6, 6.07) is 26.0. The number of nitro benzene ring substituents is 1. The first kappa shape index (κ1) is 23.1. The van der Waals surface area contributed by atoms with Crippen LogP contribution in [-0.4, -0.2) is 17.0 Å². The van der Waals surface area contributed by atoms with Crippen molar-refractivity contribution in [3.8, 4) is 5.75 Å². The minimum atomic E-state index is -0.507. The summed E-state index contributed by atoms with van der Waals surface area (Å²) in [6.45, 7) is 0.429. The Hall–Kier alpha value is -4.04. The molecule has 0 atom stereocenters. The van der Waals surface area contributed by atoms with Gasteiger partial charge in [0, 0.05) is 11.6 Å². The lowest BCUT2D eigenvalue weighted by Gasteiger charge is -2.10. The molecule has 170 valence electrons. The fourth-order valence-electron chi connectivity index (χ4n) is 3.43. The highest BCUT2D eigenvalue weighted by Crippen LogP contribution is 2.27. The molecule has 4 aromatic rings. The van der Waals surface area contributed by atoms with E-state index >= 15 is 0 Å². The Balaban J connectivity index is 1.33. The number of hydrogen-bond acceptors (Lipinski definition) is 5. The number of nitro groups is 1. The average Bonchev–Trinajstić information content (AvgIpc) is 2.83. The van der Waals surface area contributed by atoms with Crippen molar-refractivity contribution in [3.05, 3.63) is 116 Å². The summed E-state index contributed by atoms with van der Waals surface area (Å²) in [7, 11) is 0. The number of halogens is 1. The number of nitrogens with zero attached hydrogens (tertiary/aromatic N) is 2. The molecule has 4 aromatic carbocycles. The first-order valence-electron chi connectivity index (χ1n) is 10.4. The molecule has 0 saturated heterocycles. The van der Waals surface area contributed by atoms with Gasteiger partial charge in [-0.25, -0.2) is 5.43 Å². The zero-order chi connectivity index (χ0) is 23.9. The third-order valence-electron chi connectivity index (χ3n) is 5.11. The molecule has 7 nitrogen and oxygen atoms in total. The largest absolute Gasteiger partial charge is 0.488 e. The van der Waals surface area contributed by atoms with Gasteiger partial charge < -0.3 is 4.74 Å². The van der Waals surface area contributed by atoms with Gasteiger partial charge in [0.05, 0.1) is 22.0 Å². The highest BCUT2D eigenvalue weighted by atomic mass is 79.9. The monoisotopic (exact) mass is 517 g/mol. The molecule has 0 unspecified atom stereocenters. The topological polar surface area (TPSA) is 93.8 Å².